The van der Waals surface area contributed by atoms with Crippen molar-refractivity contribution in [3.63, 3.8) is 0 Å². The van der Waals surface area contributed by atoms with E-state index in [2.05, 4.69) is 9.97 Å². The fraction of sp³-hybridized carbons (Fsp3) is 0.308. The van der Waals surface area contributed by atoms with E-state index >= 15 is 0 Å². The predicted molar refractivity (Wildman–Crippen MR) is 76.1 cm³/mol. The van der Waals surface area contributed by atoms with Crippen molar-refractivity contribution in [2.45, 2.75) is 24.8 Å². The molecule has 0 bridgehead atoms. The Hall–Kier alpha value is -1.37. The highest BCUT2D eigenvalue weighted by Gasteiger charge is 2.30. The largest absolute Gasteiger partial charge is 0.347 e. The van der Waals surface area contributed by atoms with Gasteiger partial charge in [0.25, 0.3) is 0 Å². The molecule has 1 aliphatic rings. The van der Waals surface area contributed by atoms with Crippen molar-refractivity contribution in [3.05, 3.63) is 46.5 Å². The molecule has 1 aliphatic heterocycles. The molecule has 0 saturated heterocycles. The Labute approximate surface area is 122 Å². The van der Waals surface area contributed by atoms with Crippen molar-refractivity contribution in [2.75, 3.05) is 6.54 Å². The van der Waals surface area contributed by atoms with Gasteiger partial charge in [-0.25, -0.2) is 13.4 Å². The molecule has 0 saturated carbocycles. The summed E-state index contributed by atoms with van der Waals surface area (Å²) >= 11 is 6.02. The quantitative estimate of drug-likeness (QED) is 0.924. The number of hydrogen-bond acceptors (Lipinski definition) is 3. The number of halogens is 1. The molecule has 0 radical (unpaired) electrons. The average molecular weight is 312 g/mol. The number of rotatable bonds is 2. The zero-order valence-electron chi connectivity index (χ0n) is 10.9. The number of imidazole rings is 1. The molecule has 2 aromatic rings. The van der Waals surface area contributed by atoms with Crippen LogP contribution in [0, 0.1) is 6.92 Å². The maximum atomic E-state index is 12.7. The van der Waals surface area contributed by atoms with E-state index in [0.717, 1.165) is 11.4 Å². The molecule has 0 atom stereocenters. The topological polar surface area (TPSA) is 66.1 Å². The van der Waals surface area contributed by atoms with Crippen LogP contribution in [-0.4, -0.2) is 29.2 Å². The van der Waals surface area contributed by atoms with Crippen molar-refractivity contribution >= 4 is 21.6 Å². The van der Waals surface area contributed by atoms with Crippen LogP contribution < -0.4 is 0 Å². The molecule has 3 rings (SSSR count). The standard InChI is InChI=1S/C13H14ClN3O2S/c1-9-10(14)3-2-4-13(9)20(18,19)17-6-5-11-12(7-17)16-8-15-11/h2-4,8H,5-7H2,1H3,(H,15,16). The monoisotopic (exact) mass is 311 g/mol. The molecule has 106 valence electrons. The summed E-state index contributed by atoms with van der Waals surface area (Å²) in [6, 6.07) is 4.95. The van der Waals surface area contributed by atoms with Gasteiger partial charge in [0, 0.05) is 18.0 Å². The maximum absolute atomic E-state index is 12.7. The van der Waals surface area contributed by atoms with Gasteiger partial charge in [-0.05, 0) is 24.6 Å². The lowest BCUT2D eigenvalue weighted by atomic mass is 10.2. The zero-order valence-corrected chi connectivity index (χ0v) is 12.5. The van der Waals surface area contributed by atoms with E-state index in [4.69, 9.17) is 11.6 Å². The number of nitrogens with one attached hydrogen (secondary N) is 1. The highest BCUT2D eigenvalue weighted by molar-refractivity contribution is 7.89. The van der Waals surface area contributed by atoms with Crippen LogP contribution in [0.4, 0.5) is 0 Å². The summed E-state index contributed by atoms with van der Waals surface area (Å²) in [6.07, 6.45) is 2.23. The fourth-order valence-electron chi connectivity index (χ4n) is 2.40. The van der Waals surface area contributed by atoms with Gasteiger partial charge >= 0.3 is 0 Å². The first-order chi connectivity index (χ1) is 9.50. The third-order valence-corrected chi connectivity index (χ3v) is 5.97. The van der Waals surface area contributed by atoms with Gasteiger partial charge in [0.05, 0.1) is 29.2 Å². The Morgan fingerprint density at radius 2 is 2.20 bits per heavy atom. The molecule has 1 N–H and O–H groups in total. The molecule has 0 amide bonds. The number of aromatic amines is 1. The van der Waals surface area contributed by atoms with Gasteiger partial charge in [0.15, 0.2) is 0 Å². The highest BCUT2D eigenvalue weighted by Crippen LogP contribution is 2.28. The van der Waals surface area contributed by atoms with Crippen LogP contribution in [0.25, 0.3) is 0 Å². The third kappa shape index (κ3) is 2.13. The van der Waals surface area contributed by atoms with Gasteiger partial charge in [-0.2, -0.15) is 4.31 Å². The second-order valence-corrected chi connectivity index (χ2v) is 7.09. The Balaban J connectivity index is 1.99. The fourth-order valence-corrected chi connectivity index (χ4v) is 4.29. The minimum atomic E-state index is -3.53. The smallest absolute Gasteiger partial charge is 0.243 e. The van der Waals surface area contributed by atoms with Crippen LogP contribution in [-0.2, 0) is 23.0 Å². The van der Waals surface area contributed by atoms with Crippen LogP contribution >= 0.6 is 11.6 Å². The van der Waals surface area contributed by atoms with E-state index in [9.17, 15) is 8.42 Å². The average Bonchev–Trinajstić information content (AvgIpc) is 2.89. The molecule has 0 fully saturated rings. The lowest BCUT2D eigenvalue weighted by Crippen LogP contribution is -2.36. The molecule has 0 spiro atoms. The predicted octanol–water partition coefficient (Wildman–Crippen LogP) is 2.12. The van der Waals surface area contributed by atoms with E-state index in [0.29, 0.717) is 30.1 Å². The number of benzene rings is 1. The third-order valence-electron chi connectivity index (χ3n) is 3.58. The summed E-state index contributed by atoms with van der Waals surface area (Å²) in [5.41, 5.74) is 2.39. The van der Waals surface area contributed by atoms with Gasteiger partial charge in [-0.3, -0.25) is 0 Å². The first-order valence-corrected chi connectivity index (χ1v) is 8.08. The molecule has 1 aromatic carbocycles. The lowest BCUT2D eigenvalue weighted by molar-refractivity contribution is 0.385. The number of fused-ring (bicyclic) bond motifs is 1. The summed E-state index contributed by atoms with van der Waals surface area (Å²) in [4.78, 5) is 7.44. The summed E-state index contributed by atoms with van der Waals surface area (Å²) < 4.78 is 26.9. The van der Waals surface area contributed by atoms with Crippen LogP contribution in [0.2, 0.25) is 5.02 Å². The van der Waals surface area contributed by atoms with Gasteiger partial charge in [-0.1, -0.05) is 17.7 Å². The zero-order chi connectivity index (χ0) is 14.3. The molecule has 0 aliphatic carbocycles. The number of aromatic nitrogens is 2. The SMILES string of the molecule is Cc1c(Cl)cccc1S(=O)(=O)N1CCc2nc[nH]c2C1. The van der Waals surface area contributed by atoms with Gasteiger partial charge in [0.2, 0.25) is 10.0 Å². The van der Waals surface area contributed by atoms with Gasteiger partial charge in [0.1, 0.15) is 0 Å². The minimum Gasteiger partial charge on any atom is -0.347 e. The number of sulfonamides is 1. The highest BCUT2D eigenvalue weighted by atomic mass is 35.5. The Morgan fingerprint density at radius 1 is 1.40 bits per heavy atom. The molecule has 1 aromatic heterocycles. The molecule has 0 unspecified atom stereocenters. The van der Waals surface area contributed by atoms with Crippen LogP contribution in [0.5, 0.6) is 0 Å². The van der Waals surface area contributed by atoms with Crippen molar-refractivity contribution in [2.24, 2.45) is 0 Å². The Bertz CT molecular complexity index is 755. The van der Waals surface area contributed by atoms with Crippen molar-refractivity contribution < 1.29 is 8.42 Å². The van der Waals surface area contributed by atoms with Crippen LogP contribution in [0.15, 0.2) is 29.4 Å². The second kappa shape index (κ2) is 4.87. The summed E-state index contributed by atoms with van der Waals surface area (Å²) in [7, 11) is -3.53. The molecule has 2 heterocycles. The number of hydrogen-bond donors (Lipinski definition) is 1. The normalized spacial score (nSPS) is 16.1. The summed E-state index contributed by atoms with van der Waals surface area (Å²) in [6.45, 7) is 2.48. The minimum absolute atomic E-state index is 0.271. The summed E-state index contributed by atoms with van der Waals surface area (Å²) in [5.74, 6) is 0. The Morgan fingerprint density at radius 3 is 3.00 bits per heavy atom. The maximum Gasteiger partial charge on any atom is 0.243 e. The van der Waals surface area contributed by atoms with Crippen molar-refractivity contribution in [1.82, 2.24) is 14.3 Å². The van der Waals surface area contributed by atoms with Crippen LogP contribution in [0.3, 0.4) is 0 Å². The van der Waals surface area contributed by atoms with E-state index in [-0.39, 0.29) is 4.90 Å². The van der Waals surface area contributed by atoms with E-state index in [1.54, 1.807) is 31.5 Å². The lowest BCUT2D eigenvalue weighted by Gasteiger charge is -2.26. The van der Waals surface area contributed by atoms with Gasteiger partial charge < -0.3 is 4.98 Å². The van der Waals surface area contributed by atoms with Gasteiger partial charge in [-0.15, -0.1) is 0 Å². The van der Waals surface area contributed by atoms with E-state index in [1.807, 2.05) is 0 Å². The van der Waals surface area contributed by atoms with E-state index in [1.165, 1.54) is 4.31 Å². The first-order valence-electron chi connectivity index (χ1n) is 6.26. The molecular weight excluding hydrogens is 298 g/mol. The number of nitrogens with zero attached hydrogens (tertiary/aromatic N) is 2. The molecule has 5 nitrogen and oxygen atoms in total. The number of H-pyrrole nitrogens is 1. The molecule has 20 heavy (non-hydrogen) atoms. The Kier molecular flexibility index (Phi) is 3.32. The first kappa shape index (κ1) is 13.6. The molecule has 7 heteroatoms. The summed E-state index contributed by atoms with van der Waals surface area (Å²) in [5, 5.41) is 0.463. The van der Waals surface area contributed by atoms with Crippen LogP contribution in [0.1, 0.15) is 17.0 Å². The molecular formula is C13H14ClN3O2S. The van der Waals surface area contributed by atoms with Crippen molar-refractivity contribution in [1.29, 1.82) is 0 Å². The second-order valence-electron chi connectivity index (χ2n) is 4.78. The van der Waals surface area contributed by atoms with E-state index < -0.39 is 10.0 Å². The van der Waals surface area contributed by atoms with Crippen molar-refractivity contribution in [3.8, 4) is 0 Å².